The monoisotopic (exact) mass is 253 g/mol. The Morgan fingerprint density at radius 2 is 1.87 bits per heavy atom. The van der Waals surface area contributed by atoms with Crippen LogP contribution in [0.15, 0.2) is 0 Å². The second-order valence-electron chi connectivity index (χ2n) is 4.91. The maximum absolute atomic E-state index is 10.9. The van der Waals surface area contributed by atoms with Gasteiger partial charge in [-0.25, -0.2) is 8.42 Å². The standard InChI is InChI=1S/C10H23NO2S2/c1-9(8-14-10(2,3)4)11-6-7-15(5,12)13/h9,11H,6-8H2,1-5H3. The summed E-state index contributed by atoms with van der Waals surface area (Å²) in [5.41, 5.74) is 0. The molecule has 0 aromatic carbocycles. The minimum Gasteiger partial charge on any atom is -0.312 e. The molecule has 0 saturated carbocycles. The van der Waals surface area contributed by atoms with Gasteiger partial charge < -0.3 is 5.32 Å². The summed E-state index contributed by atoms with van der Waals surface area (Å²) in [5.74, 6) is 1.23. The SMILES string of the molecule is CC(CSC(C)(C)C)NCCS(C)(=O)=O. The fourth-order valence-electron chi connectivity index (χ4n) is 0.925. The van der Waals surface area contributed by atoms with Crippen LogP contribution in [-0.2, 0) is 9.84 Å². The Hall–Kier alpha value is 0.260. The van der Waals surface area contributed by atoms with E-state index in [1.807, 2.05) is 11.8 Å². The average Bonchev–Trinajstić information content (AvgIpc) is 1.97. The zero-order chi connectivity index (χ0) is 12.1. The van der Waals surface area contributed by atoms with Crippen molar-refractivity contribution in [1.29, 1.82) is 0 Å². The van der Waals surface area contributed by atoms with Crippen molar-refractivity contribution >= 4 is 21.6 Å². The molecule has 0 aliphatic heterocycles. The van der Waals surface area contributed by atoms with Gasteiger partial charge >= 0.3 is 0 Å². The van der Waals surface area contributed by atoms with Crippen molar-refractivity contribution in [1.82, 2.24) is 5.32 Å². The molecule has 0 aliphatic rings. The molecule has 3 nitrogen and oxygen atoms in total. The van der Waals surface area contributed by atoms with Gasteiger partial charge in [-0.1, -0.05) is 20.8 Å². The normalized spacial score (nSPS) is 15.3. The first-order valence-electron chi connectivity index (χ1n) is 5.15. The quantitative estimate of drug-likeness (QED) is 0.780. The number of hydrogen-bond acceptors (Lipinski definition) is 4. The van der Waals surface area contributed by atoms with Crippen LogP contribution < -0.4 is 5.32 Å². The van der Waals surface area contributed by atoms with Crippen LogP contribution in [0, 0.1) is 0 Å². The highest BCUT2D eigenvalue weighted by atomic mass is 32.2. The van der Waals surface area contributed by atoms with Gasteiger partial charge in [0.1, 0.15) is 9.84 Å². The fourth-order valence-corrected chi connectivity index (χ4v) is 2.28. The van der Waals surface area contributed by atoms with Crippen molar-refractivity contribution in [3.05, 3.63) is 0 Å². The molecule has 0 saturated heterocycles. The Labute approximate surface area is 98.3 Å². The topological polar surface area (TPSA) is 46.2 Å². The van der Waals surface area contributed by atoms with E-state index in [1.165, 1.54) is 6.26 Å². The van der Waals surface area contributed by atoms with E-state index < -0.39 is 9.84 Å². The largest absolute Gasteiger partial charge is 0.312 e. The molecule has 1 unspecified atom stereocenters. The lowest BCUT2D eigenvalue weighted by molar-refractivity contribution is 0.584. The predicted octanol–water partition coefficient (Wildman–Crippen LogP) is 1.54. The second kappa shape index (κ2) is 6.11. The highest BCUT2D eigenvalue weighted by Crippen LogP contribution is 2.23. The van der Waals surface area contributed by atoms with E-state index in [0.717, 1.165) is 5.75 Å². The molecule has 0 heterocycles. The first kappa shape index (κ1) is 15.3. The van der Waals surface area contributed by atoms with Gasteiger partial charge in [0.25, 0.3) is 0 Å². The van der Waals surface area contributed by atoms with Crippen LogP contribution in [0.3, 0.4) is 0 Å². The van der Waals surface area contributed by atoms with Crippen LogP contribution in [0.4, 0.5) is 0 Å². The summed E-state index contributed by atoms with van der Waals surface area (Å²) < 4.78 is 22.0. The third-order valence-corrected chi connectivity index (χ3v) is 4.21. The van der Waals surface area contributed by atoms with Crippen LogP contribution in [0.25, 0.3) is 0 Å². The molecule has 0 fully saturated rings. The number of nitrogens with one attached hydrogen (secondary N) is 1. The molecular formula is C10H23NO2S2. The molecule has 1 atom stereocenters. The molecule has 1 N–H and O–H groups in total. The zero-order valence-corrected chi connectivity index (χ0v) is 12.0. The Kier molecular flexibility index (Phi) is 6.21. The maximum atomic E-state index is 10.9. The summed E-state index contributed by atoms with van der Waals surface area (Å²) in [5, 5.41) is 3.21. The van der Waals surface area contributed by atoms with E-state index in [4.69, 9.17) is 0 Å². The highest BCUT2D eigenvalue weighted by molar-refractivity contribution is 8.00. The van der Waals surface area contributed by atoms with E-state index >= 15 is 0 Å². The molecule has 0 rings (SSSR count). The first-order chi connectivity index (χ1) is 6.60. The van der Waals surface area contributed by atoms with Crippen molar-refractivity contribution < 1.29 is 8.42 Å². The van der Waals surface area contributed by atoms with Crippen molar-refractivity contribution in [2.24, 2.45) is 0 Å². The fraction of sp³-hybridized carbons (Fsp3) is 1.00. The molecule has 92 valence electrons. The van der Waals surface area contributed by atoms with E-state index in [-0.39, 0.29) is 10.5 Å². The Bertz CT molecular complexity index is 268. The summed E-state index contributed by atoms with van der Waals surface area (Å²) in [6.45, 7) is 9.17. The van der Waals surface area contributed by atoms with Gasteiger partial charge in [-0.05, 0) is 6.92 Å². The molecule has 5 heteroatoms. The molecule has 0 bridgehead atoms. The van der Waals surface area contributed by atoms with Gasteiger partial charge in [0.05, 0.1) is 5.75 Å². The lowest BCUT2D eigenvalue weighted by Gasteiger charge is -2.21. The third-order valence-electron chi connectivity index (χ3n) is 1.73. The minimum atomic E-state index is -2.83. The Balaban J connectivity index is 3.63. The van der Waals surface area contributed by atoms with Gasteiger partial charge in [0.15, 0.2) is 0 Å². The van der Waals surface area contributed by atoms with E-state index in [0.29, 0.717) is 12.6 Å². The summed E-state index contributed by atoms with van der Waals surface area (Å²) in [4.78, 5) is 0. The molecular weight excluding hydrogens is 230 g/mol. The van der Waals surface area contributed by atoms with Crippen molar-refractivity contribution in [2.45, 2.75) is 38.5 Å². The molecule has 0 aliphatic carbocycles. The van der Waals surface area contributed by atoms with Crippen LogP contribution in [-0.4, -0.2) is 43.5 Å². The highest BCUT2D eigenvalue weighted by Gasteiger charge is 2.12. The van der Waals surface area contributed by atoms with Crippen LogP contribution in [0.5, 0.6) is 0 Å². The Morgan fingerprint density at radius 3 is 2.27 bits per heavy atom. The zero-order valence-electron chi connectivity index (χ0n) is 10.3. The van der Waals surface area contributed by atoms with Gasteiger partial charge in [0, 0.05) is 29.3 Å². The molecule has 0 spiro atoms. The summed E-state index contributed by atoms with van der Waals surface area (Å²) in [7, 11) is -2.83. The van der Waals surface area contributed by atoms with Crippen molar-refractivity contribution in [3.8, 4) is 0 Å². The van der Waals surface area contributed by atoms with E-state index in [9.17, 15) is 8.42 Å². The van der Waals surface area contributed by atoms with Crippen molar-refractivity contribution in [3.63, 3.8) is 0 Å². The number of thioether (sulfide) groups is 1. The molecule has 0 aromatic heterocycles. The van der Waals surface area contributed by atoms with E-state index in [2.05, 4.69) is 33.0 Å². The lowest BCUT2D eigenvalue weighted by Crippen LogP contribution is -2.33. The lowest BCUT2D eigenvalue weighted by atomic mass is 10.3. The molecule has 0 radical (unpaired) electrons. The van der Waals surface area contributed by atoms with Gasteiger partial charge in [-0.2, -0.15) is 11.8 Å². The van der Waals surface area contributed by atoms with Gasteiger partial charge in [-0.3, -0.25) is 0 Å². The third kappa shape index (κ3) is 12.2. The summed E-state index contributed by atoms with van der Waals surface area (Å²) >= 11 is 1.89. The predicted molar refractivity (Wildman–Crippen MR) is 69.4 cm³/mol. The van der Waals surface area contributed by atoms with Gasteiger partial charge in [0.2, 0.25) is 0 Å². The number of rotatable bonds is 6. The Morgan fingerprint density at radius 1 is 1.33 bits per heavy atom. The molecule has 15 heavy (non-hydrogen) atoms. The number of hydrogen-bond donors (Lipinski definition) is 1. The smallest absolute Gasteiger partial charge is 0.148 e. The summed E-state index contributed by atoms with van der Waals surface area (Å²) in [6, 6.07) is 0.357. The van der Waals surface area contributed by atoms with Crippen LogP contribution in [0.1, 0.15) is 27.7 Å². The maximum Gasteiger partial charge on any atom is 0.148 e. The van der Waals surface area contributed by atoms with E-state index in [1.54, 1.807) is 0 Å². The van der Waals surface area contributed by atoms with Gasteiger partial charge in [-0.15, -0.1) is 0 Å². The van der Waals surface area contributed by atoms with Crippen LogP contribution in [0.2, 0.25) is 0 Å². The average molecular weight is 253 g/mol. The van der Waals surface area contributed by atoms with Crippen LogP contribution >= 0.6 is 11.8 Å². The minimum absolute atomic E-state index is 0.220. The summed E-state index contributed by atoms with van der Waals surface area (Å²) in [6.07, 6.45) is 1.27. The molecule has 0 aromatic rings. The first-order valence-corrected chi connectivity index (χ1v) is 8.20. The number of sulfone groups is 1. The second-order valence-corrected chi connectivity index (χ2v) is 9.01. The molecule has 0 amide bonds. The van der Waals surface area contributed by atoms with Crippen molar-refractivity contribution in [2.75, 3.05) is 24.3 Å².